The van der Waals surface area contributed by atoms with Crippen LogP contribution in [0.15, 0.2) is 47.4 Å². The SMILES string of the molecule is COC(=O)c1cc(NS(=O)(=O)c2ccc(N)cc2)cc(C(=O)OC)c1. The molecule has 0 radical (unpaired) electrons. The molecule has 0 saturated heterocycles. The summed E-state index contributed by atoms with van der Waals surface area (Å²) in [5.41, 5.74) is 5.97. The highest BCUT2D eigenvalue weighted by Gasteiger charge is 2.18. The predicted molar refractivity (Wildman–Crippen MR) is 90.8 cm³/mol. The molecule has 9 heteroatoms. The van der Waals surface area contributed by atoms with Crippen molar-refractivity contribution in [3.63, 3.8) is 0 Å². The number of nitrogen functional groups attached to an aromatic ring is 1. The first-order valence-corrected chi connectivity index (χ1v) is 8.45. The fourth-order valence-electron chi connectivity index (χ4n) is 2.02. The lowest BCUT2D eigenvalue weighted by Crippen LogP contribution is -2.15. The van der Waals surface area contributed by atoms with Gasteiger partial charge in [0, 0.05) is 5.69 Å². The maximum absolute atomic E-state index is 12.4. The summed E-state index contributed by atoms with van der Waals surface area (Å²) in [5.74, 6) is -1.45. The van der Waals surface area contributed by atoms with Crippen molar-refractivity contribution in [1.29, 1.82) is 0 Å². The maximum Gasteiger partial charge on any atom is 0.337 e. The van der Waals surface area contributed by atoms with E-state index in [1.807, 2.05) is 0 Å². The molecule has 0 atom stereocenters. The van der Waals surface area contributed by atoms with Crippen LogP contribution in [0.3, 0.4) is 0 Å². The van der Waals surface area contributed by atoms with Crippen LogP contribution in [0.25, 0.3) is 0 Å². The Labute approximate surface area is 144 Å². The third-order valence-electron chi connectivity index (χ3n) is 3.22. The number of hydrogen-bond donors (Lipinski definition) is 2. The normalized spacial score (nSPS) is 10.8. The number of anilines is 2. The number of nitrogens with one attached hydrogen (secondary N) is 1. The van der Waals surface area contributed by atoms with Gasteiger partial charge in [0.05, 0.1) is 35.9 Å². The van der Waals surface area contributed by atoms with E-state index in [1.165, 1.54) is 56.7 Å². The van der Waals surface area contributed by atoms with Gasteiger partial charge in [-0.3, -0.25) is 4.72 Å². The largest absolute Gasteiger partial charge is 0.465 e. The number of carbonyl (C=O) groups is 2. The minimum Gasteiger partial charge on any atom is -0.465 e. The first kappa shape index (κ1) is 18.3. The fourth-order valence-corrected chi connectivity index (χ4v) is 3.06. The van der Waals surface area contributed by atoms with Crippen LogP contribution in [0.2, 0.25) is 0 Å². The Morgan fingerprint density at radius 3 is 1.84 bits per heavy atom. The van der Waals surface area contributed by atoms with Crippen molar-refractivity contribution < 1.29 is 27.5 Å². The number of carbonyl (C=O) groups excluding carboxylic acids is 2. The summed E-state index contributed by atoms with van der Waals surface area (Å²) in [6.45, 7) is 0. The lowest BCUT2D eigenvalue weighted by Gasteiger charge is -2.11. The van der Waals surface area contributed by atoms with Crippen LogP contribution in [-0.4, -0.2) is 34.6 Å². The van der Waals surface area contributed by atoms with Gasteiger partial charge < -0.3 is 15.2 Å². The van der Waals surface area contributed by atoms with Crippen LogP contribution < -0.4 is 10.5 Å². The van der Waals surface area contributed by atoms with Crippen LogP contribution in [0.1, 0.15) is 20.7 Å². The Morgan fingerprint density at radius 1 is 0.920 bits per heavy atom. The third kappa shape index (κ3) is 4.27. The van der Waals surface area contributed by atoms with E-state index in [0.29, 0.717) is 5.69 Å². The molecule has 0 fully saturated rings. The standard InChI is InChI=1S/C16H16N2O6S/c1-23-15(19)10-7-11(16(20)24-2)9-13(8-10)18-25(21,22)14-5-3-12(17)4-6-14/h3-9,18H,17H2,1-2H3. The maximum atomic E-state index is 12.4. The predicted octanol–water partition coefficient (Wildman–Crippen LogP) is 1.64. The number of nitrogens with two attached hydrogens (primary N) is 1. The lowest BCUT2D eigenvalue weighted by molar-refractivity contribution is 0.0599. The molecule has 0 unspecified atom stereocenters. The van der Waals surface area contributed by atoms with Gasteiger partial charge in [0.25, 0.3) is 10.0 Å². The number of hydrogen-bond acceptors (Lipinski definition) is 7. The van der Waals surface area contributed by atoms with Gasteiger partial charge in [-0.15, -0.1) is 0 Å². The molecular weight excluding hydrogens is 348 g/mol. The average Bonchev–Trinajstić information content (AvgIpc) is 2.59. The number of benzene rings is 2. The summed E-state index contributed by atoms with van der Waals surface area (Å²) in [4.78, 5) is 23.4. The van der Waals surface area contributed by atoms with Crippen molar-refractivity contribution in [2.75, 3.05) is 24.7 Å². The zero-order chi connectivity index (χ0) is 18.6. The van der Waals surface area contributed by atoms with Crippen molar-refractivity contribution >= 4 is 33.3 Å². The molecule has 132 valence electrons. The van der Waals surface area contributed by atoms with Gasteiger partial charge >= 0.3 is 11.9 Å². The zero-order valence-electron chi connectivity index (χ0n) is 13.5. The van der Waals surface area contributed by atoms with E-state index < -0.39 is 22.0 Å². The summed E-state index contributed by atoms with van der Waals surface area (Å²) in [6.07, 6.45) is 0. The summed E-state index contributed by atoms with van der Waals surface area (Å²) in [5, 5.41) is 0. The Bertz CT molecular complexity index is 872. The Hall–Kier alpha value is -3.07. The molecule has 0 aliphatic heterocycles. The quantitative estimate of drug-likeness (QED) is 0.610. The zero-order valence-corrected chi connectivity index (χ0v) is 14.3. The number of esters is 2. The second kappa shape index (κ2) is 7.22. The summed E-state index contributed by atoms with van der Waals surface area (Å²) in [6, 6.07) is 9.32. The highest BCUT2D eigenvalue weighted by atomic mass is 32.2. The van der Waals surface area contributed by atoms with E-state index in [1.54, 1.807) is 0 Å². The molecule has 0 bridgehead atoms. The highest BCUT2D eigenvalue weighted by molar-refractivity contribution is 7.92. The van der Waals surface area contributed by atoms with Crippen LogP contribution in [0.4, 0.5) is 11.4 Å². The van der Waals surface area contributed by atoms with Gasteiger partial charge in [0.15, 0.2) is 0 Å². The molecule has 3 N–H and O–H groups in total. The highest BCUT2D eigenvalue weighted by Crippen LogP contribution is 2.21. The molecule has 8 nitrogen and oxygen atoms in total. The van der Waals surface area contributed by atoms with Gasteiger partial charge in [-0.05, 0) is 42.5 Å². The Kier molecular flexibility index (Phi) is 5.28. The second-order valence-corrected chi connectivity index (χ2v) is 6.64. The summed E-state index contributed by atoms with van der Waals surface area (Å²) in [7, 11) is -1.59. The Morgan fingerprint density at radius 2 is 1.40 bits per heavy atom. The van der Waals surface area contributed by atoms with Gasteiger partial charge in [0.2, 0.25) is 0 Å². The van der Waals surface area contributed by atoms with E-state index in [0.717, 1.165) is 0 Å². The van der Waals surface area contributed by atoms with Crippen molar-refractivity contribution in [1.82, 2.24) is 0 Å². The van der Waals surface area contributed by atoms with E-state index in [2.05, 4.69) is 14.2 Å². The van der Waals surface area contributed by atoms with Gasteiger partial charge in [-0.2, -0.15) is 0 Å². The van der Waals surface area contributed by atoms with Gasteiger partial charge in [0.1, 0.15) is 0 Å². The van der Waals surface area contributed by atoms with E-state index in [9.17, 15) is 18.0 Å². The molecule has 0 saturated carbocycles. The molecular formula is C16H16N2O6S. The van der Waals surface area contributed by atoms with Crippen molar-refractivity contribution in [3.8, 4) is 0 Å². The van der Waals surface area contributed by atoms with Crippen molar-refractivity contribution in [2.45, 2.75) is 4.90 Å². The molecule has 0 amide bonds. The molecule has 2 aromatic rings. The minimum atomic E-state index is -3.94. The molecule has 25 heavy (non-hydrogen) atoms. The Balaban J connectivity index is 2.45. The molecule has 0 aliphatic carbocycles. The molecule has 0 aromatic heterocycles. The van der Waals surface area contributed by atoms with Crippen LogP contribution in [0.5, 0.6) is 0 Å². The molecule has 2 rings (SSSR count). The van der Waals surface area contributed by atoms with Crippen molar-refractivity contribution in [2.24, 2.45) is 0 Å². The molecule has 0 heterocycles. The van der Waals surface area contributed by atoms with Gasteiger partial charge in [-0.25, -0.2) is 18.0 Å². The first-order valence-electron chi connectivity index (χ1n) is 6.97. The number of sulfonamides is 1. The first-order chi connectivity index (χ1) is 11.8. The average molecular weight is 364 g/mol. The topological polar surface area (TPSA) is 125 Å². The van der Waals surface area contributed by atoms with Crippen molar-refractivity contribution in [3.05, 3.63) is 53.6 Å². The van der Waals surface area contributed by atoms with Crippen LogP contribution in [0, 0.1) is 0 Å². The summed E-state index contributed by atoms with van der Waals surface area (Å²) < 4.78 is 36.4. The van der Waals surface area contributed by atoms with Crippen LogP contribution in [-0.2, 0) is 19.5 Å². The summed E-state index contributed by atoms with van der Waals surface area (Å²) >= 11 is 0. The molecule has 0 spiro atoms. The molecule has 0 aliphatic rings. The minimum absolute atomic E-state index is 0.000376. The second-order valence-electron chi connectivity index (χ2n) is 4.96. The third-order valence-corrected chi connectivity index (χ3v) is 4.62. The molecule has 2 aromatic carbocycles. The van der Waals surface area contributed by atoms with E-state index in [-0.39, 0.29) is 21.7 Å². The van der Waals surface area contributed by atoms with E-state index >= 15 is 0 Å². The lowest BCUT2D eigenvalue weighted by atomic mass is 10.1. The fraction of sp³-hybridized carbons (Fsp3) is 0.125. The smallest absolute Gasteiger partial charge is 0.337 e. The monoisotopic (exact) mass is 364 g/mol. The van der Waals surface area contributed by atoms with Crippen LogP contribution >= 0.6 is 0 Å². The number of ether oxygens (including phenoxy) is 2. The van der Waals surface area contributed by atoms with Gasteiger partial charge in [-0.1, -0.05) is 0 Å². The van der Waals surface area contributed by atoms with E-state index in [4.69, 9.17) is 5.73 Å². The number of methoxy groups -OCH3 is 2. The number of rotatable bonds is 5.